The van der Waals surface area contributed by atoms with Gasteiger partial charge in [0.25, 0.3) is 15.9 Å². The van der Waals surface area contributed by atoms with Gasteiger partial charge >= 0.3 is 0 Å². The number of fused-ring (bicyclic) bond motifs is 1. The predicted molar refractivity (Wildman–Crippen MR) is 123 cm³/mol. The molecule has 1 aliphatic heterocycles. The summed E-state index contributed by atoms with van der Waals surface area (Å²) in [5, 5.41) is 2.15. The molecule has 1 amide bonds. The van der Waals surface area contributed by atoms with Crippen LogP contribution in [0.4, 0.5) is 0 Å². The molecule has 158 valence electrons. The average molecular weight is 433 g/mol. The Balaban J connectivity index is 1.67. The largest absolute Gasteiger partial charge is 0.283 e. The van der Waals surface area contributed by atoms with Crippen LogP contribution in [0, 0.1) is 5.92 Å². The molecule has 5 nitrogen and oxygen atoms in total. The average Bonchev–Trinajstić information content (AvgIpc) is 3.23. The number of sulfonamides is 1. The Bertz CT molecular complexity index is 1320. The molecule has 1 unspecified atom stereocenters. The highest BCUT2D eigenvalue weighted by Crippen LogP contribution is 2.29. The van der Waals surface area contributed by atoms with E-state index < -0.39 is 15.9 Å². The first-order valence-electron chi connectivity index (χ1n) is 10.4. The molecule has 3 aromatic carbocycles. The maximum Gasteiger partial charge on any atom is 0.283 e. The Morgan fingerprint density at radius 1 is 0.968 bits per heavy atom. The number of nitrogens with zero attached hydrogens (tertiary/aromatic N) is 1. The molecule has 3 aromatic rings. The minimum Gasteiger partial charge on any atom is -0.266 e. The van der Waals surface area contributed by atoms with Crippen LogP contribution in [0.15, 0.2) is 88.4 Å². The number of hydrogen-bond donors (Lipinski definition) is 1. The van der Waals surface area contributed by atoms with Crippen LogP contribution in [0.1, 0.15) is 31.4 Å². The Morgan fingerprint density at radius 3 is 2.45 bits per heavy atom. The van der Waals surface area contributed by atoms with E-state index in [1.54, 1.807) is 24.3 Å². The minimum atomic E-state index is -3.99. The third-order valence-electron chi connectivity index (χ3n) is 5.56. The molecule has 31 heavy (non-hydrogen) atoms. The number of rotatable bonds is 6. The van der Waals surface area contributed by atoms with Crippen molar-refractivity contribution in [3.63, 3.8) is 0 Å². The zero-order valence-corrected chi connectivity index (χ0v) is 18.3. The van der Waals surface area contributed by atoms with E-state index in [2.05, 4.69) is 9.71 Å². The van der Waals surface area contributed by atoms with E-state index in [9.17, 15) is 13.2 Å². The van der Waals surface area contributed by atoms with Crippen LogP contribution in [0.25, 0.3) is 10.8 Å². The zero-order chi connectivity index (χ0) is 22.0. The fraction of sp³-hybridized carbons (Fsp3) is 0.200. The van der Waals surface area contributed by atoms with Crippen LogP contribution in [-0.4, -0.2) is 20.0 Å². The molecule has 4 rings (SSSR count). The number of amides is 1. The van der Waals surface area contributed by atoms with Gasteiger partial charge in [-0.05, 0) is 41.3 Å². The van der Waals surface area contributed by atoms with Gasteiger partial charge in [0, 0.05) is 11.5 Å². The van der Waals surface area contributed by atoms with Crippen molar-refractivity contribution in [2.45, 2.75) is 31.6 Å². The molecule has 0 aromatic heterocycles. The summed E-state index contributed by atoms with van der Waals surface area (Å²) in [4.78, 5) is 17.6. The molecular weight excluding hydrogens is 408 g/mol. The van der Waals surface area contributed by atoms with Gasteiger partial charge < -0.3 is 0 Å². The standard InChI is InChI=1S/C25H24N2O3S/c1-3-17-10-6-8-15-23(17)31(29,30)27-25(28)22-16-18(4-2)24(26-22)21-14-9-12-19-11-5-7-13-20(19)21/h5-16,18H,3-4H2,1-2H3,(H,27,28). The second-order valence-corrected chi connectivity index (χ2v) is 9.14. The quantitative estimate of drug-likeness (QED) is 0.618. The van der Waals surface area contributed by atoms with Crippen LogP contribution in [0.2, 0.25) is 0 Å². The van der Waals surface area contributed by atoms with Gasteiger partial charge in [-0.2, -0.15) is 0 Å². The van der Waals surface area contributed by atoms with Crippen molar-refractivity contribution in [1.82, 2.24) is 4.72 Å². The van der Waals surface area contributed by atoms with Crippen molar-refractivity contribution in [2.75, 3.05) is 0 Å². The molecular formula is C25H24N2O3S. The first-order valence-corrected chi connectivity index (χ1v) is 11.9. The first kappa shape index (κ1) is 21.0. The second-order valence-electron chi connectivity index (χ2n) is 7.49. The second kappa shape index (κ2) is 8.47. The highest BCUT2D eigenvalue weighted by atomic mass is 32.2. The molecule has 0 fully saturated rings. The molecule has 1 atom stereocenters. The summed E-state index contributed by atoms with van der Waals surface area (Å²) in [5.41, 5.74) is 2.54. The third kappa shape index (κ3) is 4.03. The van der Waals surface area contributed by atoms with E-state index in [0.29, 0.717) is 12.0 Å². The molecule has 1 aliphatic rings. The van der Waals surface area contributed by atoms with E-state index in [1.165, 1.54) is 6.07 Å². The zero-order valence-electron chi connectivity index (χ0n) is 17.5. The first-order chi connectivity index (χ1) is 14.9. The normalized spacial score (nSPS) is 16.1. The third-order valence-corrected chi connectivity index (χ3v) is 6.99. The number of benzene rings is 3. The summed E-state index contributed by atoms with van der Waals surface area (Å²) in [5.74, 6) is -0.767. The van der Waals surface area contributed by atoms with Gasteiger partial charge in [-0.3, -0.25) is 4.79 Å². The molecule has 0 bridgehead atoms. The Hall–Kier alpha value is -3.25. The highest BCUT2D eigenvalue weighted by Gasteiger charge is 2.28. The van der Waals surface area contributed by atoms with E-state index in [4.69, 9.17) is 0 Å². The maximum atomic E-state index is 12.9. The van der Waals surface area contributed by atoms with E-state index in [0.717, 1.165) is 28.5 Å². The van der Waals surface area contributed by atoms with Crippen molar-refractivity contribution in [3.05, 3.63) is 89.6 Å². The molecule has 0 aliphatic carbocycles. The lowest BCUT2D eigenvalue weighted by Crippen LogP contribution is -2.31. The van der Waals surface area contributed by atoms with Gasteiger partial charge in [-0.15, -0.1) is 0 Å². The number of carbonyl (C=O) groups is 1. The molecule has 0 spiro atoms. The number of aliphatic imine (C=N–C) groups is 1. The van der Waals surface area contributed by atoms with E-state index in [-0.39, 0.29) is 16.5 Å². The van der Waals surface area contributed by atoms with Crippen LogP contribution >= 0.6 is 0 Å². The number of nitrogens with one attached hydrogen (secondary N) is 1. The number of aryl methyl sites for hydroxylation is 1. The van der Waals surface area contributed by atoms with E-state index >= 15 is 0 Å². The van der Waals surface area contributed by atoms with Crippen molar-refractivity contribution in [2.24, 2.45) is 10.9 Å². The number of hydrogen-bond acceptors (Lipinski definition) is 4. The Kier molecular flexibility index (Phi) is 5.74. The van der Waals surface area contributed by atoms with Gasteiger partial charge in [0.2, 0.25) is 0 Å². The molecule has 0 saturated carbocycles. The molecule has 6 heteroatoms. The number of carbonyl (C=O) groups excluding carboxylic acids is 1. The van der Waals surface area contributed by atoms with Crippen molar-refractivity contribution >= 4 is 32.4 Å². The van der Waals surface area contributed by atoms with Crippen molar-refractivity contribution in [3.8, 4) is 0 Å². The van der Waals surface area contributed by atoms with E-state index in [1.807, 2.05) is 56.3 Å². The molecule has 0 radical (unpaired) electrons. The monoisotopic (exact) mass is 432 g/mol. The summed E-state index contributed by atoms with van der Waals surface area (Å²) in [6.45, 7) is 3.90. The SMILES string of the molecule is CCc1ccccc1S(=O)(=O)NC(=O)C1=CC(CC)C(c2cccc3ccccc23)=N1. The minimum absolute atomic E-state index is 0.0582. The smallest absolute Gasteiger partial charge is 0.266 e. The summed E-state index contributed by atoms with van der Waals surface area (Å²) < 4.78 is 27.9. The fourth-order valence-electron chi connectivity index (χ4n) is 3.95. The van der Waals surface area contributed by atoms with Crippen molar-refractivity contribution < 1.29 is 13.2 Å². The van der Waals surface area contributed by atoms with Gasteiger partial charge in [0.05, 0.1) is 10.6 Å². The van der Waals surface area contributed by atoms with Gasteiger partial charge in [-0.25, -0.2) is 18.1 Å². The van der Waals surface area contributed by atoms with Crippen molar-refractivity contribution in [1.29, 1.82) is 0 Å². The summed E-state index contributed by atoms with van der Waals surface area (Å²) in [6, 6.07) is 20.7. The fourth-order valence-corrected chi connectivity index (χ4v) is 5.23. The predicted octanol–water partition coefficient (Wildman–Crippen LogP) is 4.62. The number of allylic oxidation sites excluding steroid dienone is 1. The molecule has 1 heterocycles. The lowest BCUT2D eigenvalue weighted by atomic mass is 9.92. The maximum absolute atomic E-state index is 12.9. The summed E-state index contributed by atoms with van der Waals surface area (Å²) in [7, 11) is -3.99. The van der Waals surface area contributed by atoms with Crippen LogP contribution in [0.5, 0.6) is 0 Å². The van der Waals surface area contributed by atoms with Crippen LogP contribution < -0.4 is 4.72 Å². The highest BCUT2D eigenvalue weighted by molar-refractivity contribution is 7.90. The van der Waals surface area contributed by atoms with Crippen LogP contribution in [0.3, 0.4) is 0 Å². The summed E-state index contributed by atoms with van der Waals surface area (Å²) in [6.07, 6.45) is 3.06. The lowest BCUT2D eigenvalue weighted by Gasteiger charge is -2.12. The van der Waals surface area contributed by atoms with Gasteiger partial charge in [0.15, 0.2) is 0 Å². The van der Waals surface area contributed by atoms with Gasteiger partial charge in [-0.1, -0.05) is 74.5 Å². The summed E-state index contributed by atoms with van der Waals surface area (Å²) >= 11 is 0. The van der Waals surface area contributed by atoms with Gasteiger partial charge in [0.1, 0.15) is 5.70 Å². The molecule has 1 N–H and O–H groups in total. The topological polar surface area (TPSA) is 75.6 Å². The Labute approximate surface area is 182 Å². The molecule has 0 saturated heterocycles. The van der Waals surface area contributed by atoms with Crippen LogP contribution in [-0.2, 0) is 21.2 Å². The lowest BCUT2D eigenvalue weighted by molar-refractivity contribution is -0.115. The Morgan fingerprint density at radius 2 is 1.68 bits per heavy atom.